The van der Waals surface area contributed by atoms with Crippen LogP contribution in [0.15, 0.2) is 53.3 Å². The molecule has 1 fully saturated rings. The zero-order chi connectivity index (χ0) is 25.9. The summed E-state index contributed by atoms with van der Waals surface area (Å²) in [6.07, 6.45) is 4.31. The Hall–Kier alpha value is -3.78. The van der Waals surface area contributed by atoms with Gasteiger partial charge in [-0.1, -0.05) is 36.2 Å². The smallest absolute Gasteiger partial charge is 0.273 e. The van der Waals surface area contributed by atoms with Gasteiger partial charge in [0.25, 0.3) is 5.56 Å². The van der Waals surface area contributed by atoms with E-state index in [0.717, 1.165) is 42.3 Å². The number of nitrogens with one attached hydrogen (secondary N) is 1. The molecule has 0 aliphatic carbocycles. The zero-order valence-electron chi connectivity index (χ0n) is 21.8. The number of nitrogens with zero attached hydrogens (tertiary/aromatic N) is 5. The molecule has 0 atom stereocenters. The summed E-state index contributed by atoms with van der Waals surface area (Å²) in [5, 5.41) is 7.59. The molecule has 2 aromatic heterocycles. The fourth-order valence-corrected chi connectivity index (χ4v) is 4.96. The van der Waals surface area contributed by atoms with Gasteiger partial charge < -0.3 is 5.32 Å². The summed E-state index contributed by atoms with van der Waals surface area (Å²) in [6, 6.07) is 16.0. The third-order valence-corrected chi connectivity index (χ3v) is 7.08. The summed E-state index contributed by atoms with van der Waals surface area (Å²) in [5.74, 6) is -0.139. The van der Waals surface area contributed by atoms with Gasteiger partial charge in [0.1, 0.15) is 11.2 Å². The van der Waals surface area contributed by atoms with Gasteiger partial charge in [-0.3, -0.25) is 19.1 Å². The molecule has 1 amide bonds. The molecule has 2 aromatic carbocycles. The Morgan fingerprint density at radius 1 is 0.973 bits per heavy atom. The molecule has 0 unspecified atom stereocenters. The minimum atomic E-state index is -0.212. The third kappa shape index (κ3) is 5.49. The minimum Gasteiger partial charge on any atom is -0.326 e. The predicted molar refractivity (Wildman–Crippen MR) is 146 cm³/mol. The van der Waals surface area contributed by atoms with Crippen LogP contribution in [0.1, 0.15) is 48.2 Å². The monoisotopic (exact) mass is 498 g/mol. The topological polar surface area (TPSA) is 85.1 Å². The van der Waals surface area contributed by atoms with E-state index in [4.69, 9.17) is 0 Å². The lowest BCUT2D eigenvalue weighted by atomic mass is 10.1. The number of hydrogen-bond donors (Lipinski definition) is 1. The van der Waals surface area contributed by atoms with Crippen LogP contribution in [0.4, 0.5) is 5.69 Å². The molecule has 1 saturated heterocycles. The Morgan fingerprint density at radius 2 is 1.68 bits per heavy atom. The molecule has 0 saturated carbocycles. The Kier molecular flexibility index (Phi) is 7.19. The molecule has 4 aromatic rings. The summed E-state index contributed by atoms with van der Waals surface area (Å²) in [7, 11) is 1.73. The Morgan fingerprint density at radius 3 is 2.38 bits per heavy atom. The van der Waals surface area contributed by atoms with Crippen LogP contribution in [0.5, 0.6) is 0 Å². The summed E-state index contributed by atoms with van der Waals surface area (Å²) < 4.78 is 3.33. The van der Waals surface area contributed by atoms with Crippen molar-refractivity contribution in [3.63, 3.8) is 0 Å². The van der Waals surface area contributed by atoms with Gasteiger partial charge in [-0.05, 0) is 69.6 Å². The number of aryl methyl sites for hydroxylation is 4. The number of anilines is 1. The SMILES string of the molecule is Cc1ccc(-n2nc(C)c3nc(CCC(=O)Nc4ccc(CN5CCCCC5)cc4)c(=O)n(C)c32)cc1. The number of piperidine rings is 1. The number of hydrogen-bond acceptors (Lipinski definition) is 5. The molecule has 1 aliphatic rings. The van der Waals surface area contributed by atoms with Crippen molar-refractivity contribution in [2.75, 3.05) is 18.4 Å². The molecule has 3 heterocycles. The van der Waals surface area contributed by atoms with Crippen LogP contribution < -0.4 is 10.9 Å². The van der Waals surface area contributed by atoms with E-state index in [-0.39, 0.29) is 24.3 Å². The van der Waals surface area contributed by atoms with Crippen molar-refractivity contribution in [1.29, 1.82) is 0 Å². The first-order chi connectivity index (χ1) is 17.9. The highest BCUT2D eigenvalue weighted by Gasteiger charge is 2.18. The Labute approximate surface area is 216 Å². The standard InChI is InChI=1S/C29H34N6O2/c1-20-7-13-24(14-8-20)35-28-27(21(2)32-35)31-25(29(37)33(28)3)15-16-26(36)30-23-11-9-22(10-12-23)19-34-17-5-4-6-18-34/h7-14H,4-6,15-19H2,1-3H3,(H,30,36). The Balaban J connectivity index is 1.26. The number of benzene rings is 2. The van der Waals surface area contributed by atoms with E-state index in [0.29, 0.717) is 16.9 Å². The molecule has 8 nitrogen and oxygen atoms in total. The quantitative estimate of drug-likeness (QED) is 0.411. The van der Waals surface area contributed by atoms with Crippen molar-refractivity contribution in [3.05, 3.63) is 81.4 Å². The van der Waals surface area contributed by atoms with Crippen molar-refractivity contribution in [3.8, 4) is 5.69 Å². The van der Waals surface area contributed by atoms with E-state index in [1.807, 2.05) is 50.2 Å². The normalized spacial score (nSPS) is 14.2. The van der Waals surface area contributed by atoms with E-state index in [1.54, 1.807) is 16.3 Å². The highest BCUT2D eigenvalue weighted by Crippen LogP contribution is 2.20. The van der Waals surface area contributed by atoms with Crippen LogP contribution in [0.3, 0.4) is 0 Å². The summed E-state index contributed by atoms with van der Waals surface area (Å²) >= 11 is 0. The molecular formula is C29H34N6O2. The fourth-order valence-electron chi connectivity index (χ4n) is 4.96. The number of aromatic nitrogens is 4. The molecule has 0 spiro atoms. The van der Waals surface area contributed by atoms with Crippen molar-refractivity contribution < 1.29 is 4.79 Å². The van der Waals surface area contributed by atoms with Crippen LogP contribution in [-0.4, -0.2) is 43.2 Å². The number of likely N-dealkylation sites (tertiary alicyclic amines) is 1. The highest BCUT2D eigenvalue weighted by molar-refractivity contribution is 5.90. The molecule has 1 aliphatic heterocycles. The molecule has 0 bridgehead atoms. The van der Waals surface area contributed by atoms with Gasteiger partial charge in [-0.15, -0.1) is 0 Å². The van der Waals surface area contributed by atoms with E-state index < -0.39 is 0 Å². The molecule has 5 rings (SSSR count). The van der Waals surface area contributed by atoms with Crippen molar-refractivity contribution in [1.82, 2.24) is 24.2 Å². The third-order valence-electron chi connectivity index (χ3n) is 7.08. The number of fused-ring (bicyclic) bond motifs is 1. The molecule has 192 valence electrons. The molecule has 1 N–H and O–H groups in total. The van der Waals surface area contributed by atoms with E-state index in [2.05, 4.69) is 32.4 Å². The summed E-state index contributed by atoms with van der Waals surface area (Å²) in [6.45, 7) is 7.18. The van der Waals surface area contributed by atoms with Gasteiger partial charge in [0.2, 0.25) is 5.91 Å². The zero-order valence-corrected chi connectivity index (χ0v) is 21.8. The fraction of sp³-hybridized carbons (Fsp3) is 0.379. The van der Waals surface area contributed by atoms with Crippen LogP contribution >= 0.6 is 0 Å². The second-order valence-corrected chi connectivity index (χ2v) is 10.0. The average Bonchev–Trinajstić information content (AvgIpc) is 3.23. The average molecular weight is 499 g/mol. The number of amides is 1. The predicted octanol–water partition coefficient (Wildman–Crippen LogP) is 4.29. The van der Waals surface area contributed by atoms with Crippen molar-refractivity contribution in [2.45, 2.75) is 52.5 Å². The maximum Gasteiger partial charge on any atom is 0.273 e. The van der Waals surface area contributed by atoms with E-state index >= 15 is 0 Å². The van der Waals surface area contributed by atoms with Gasteiger partial charge in [0.05, 0.1) is 11.4 Å². The molecular weight excluding hydrogens is 464 g/mol. The van der Waals surface area contributed by atoms with Crippen LogP contribution in [-0.2, 0) is 24.8 Å². The lowest BCUT2D eigenvalue weighted by Crippen LogP contribution is -2.29. The maximum atomic E-state index is 13.1. The van der Waals surface area contributed by atoms with E-state index in [1.165, 1.54) is 24.8 Å². The number of rotatable bonds is 7. The molecule has 0 radical (unpaired) electrons. The minimum absolute atomic E-state index is 0.139. The molecule has 37 heavy (non-hydrogen) atoms. The second kappa shape index (κ2) is 10.7. The first-order valence-electron chi connectivity index (χ1n) is 13.0. The lowest BCUT2D eigenvalue weighted by Gasteiger charge is -2.26. The maximum absolute atomic E-state index is 13.1. The van der Waals surface area contributed by atoms with Crippen molar-refractivity contribution in [2.24, 2.45) is 7.05 Å². The highest BCUT2D eigenvalue weighted by atomic mass is 16.1. The Bertz CT molecular complexity index is 1460. The first-order valence-corrected chi connectivity index (χ1v) is 13.0. The van der Waals surface area contributed by atoms with Crippen molar-refractivity contribution >= 4 is 22.8 Å². The van der Waals surface area contributed by atoms with Gasteiger partial charge in [0, 0.05) is 32.1 Å². The van der Waals surface area contributed by atoms with Gasteiger partial charge >= 0.3 is 0 Å². The van der Waals surface area contributed by atoms with E-state index in [9.17, 15) is 9.59 Å². The first kappa shape index (κ1) is 24.9. The van der Waals surface area contributed by atoms with Crippen LogP contribution in [0.2, 0.25) is 0 Å². The van der Waals surface area contributed by atoms with Gasteiger partial charge in [0.15, 0.2) is 5.65 Å². The second-order valence-electron chi connectivity index (χ2n) is 10.0. The summed E-state index contributed by atoms with van der Waals surface area (Å²) in [4.78, 5) is 32.9. The number of carbonyl (C=O) groups excluding carboxylic acids is 1. The number of carbonyl (C=O) groups is 1. The van der Waals surface area contributed by atoms with Crippen LogP contribution in [0, 0.1) is 13.8 Å². The van der Waals surface area contributed by atoms with Gasteiger partial charge in [-0.25, -0.2) is 9.67 Å². The molecule has 8 heteroatoms. The van der Waals surface area contributed by atoms with Crippen LogP contribution in [0.25, 0.3) is 16.9 Å². The summed E-state index contributed by atoms with van der Waals surface area (Å²) in [5.41, 5.74) is 6.24. The lowest BCUT2D eigenvalue weighted by molar-refractivity contribution is -0.116. The largest absolute Gasteiger partial charge is 0.326 e. The van der Waals surface area contributed by atoms with Gasteiger partial charge in [-0.2, -0.15) is 5.10 Å².